The van der Waals surface area contributed by atoms with E-state index in [2.05, 4.69) is 6.92 Å². The zero-order valence-electron chi connectivity index (χ0n) is 13.4. The molecule has 1 aliphatic rings. The first-order valence-electron chi connectivity index (χ1n) is 8.30. The van der Waals surface area contributed by atoms with E-state index in [9.17, 15) is 9.59 Å². The summed E-state index contributed by atoms with van der Waals surface area (Å²) >= 11 is 0. The van der Waals surface area contributed by atoms with Crippen LogP contribution in [0.1, 0.15) is 65.2 Å². The fraction of sp³-hybridized carbons (Fsp3) is 0.875. The molecule has 0 aromatic rings. The molecule has 1 fully saturated rings. The first-order valence-corrected chi connectivity index (χ1v) is 8.30. The van der Waals surface area contributed by atoms with Crippen molar-refractivity contribution in [2.24, 2.45) is 0 Å². The topological polar surface area (TPSA) is 55.8 Å². The monoisotopic (exact) mass is 299 g/mol. The van der Waals surface area contributed by atoms with Crippen molar-refractivity contribution in [3.63, 3.8) is 0 Å². The number of carbonyl (C=O) groups excluding carboxylic acids is 2. The van der Waals surface area contributed by atoms with Crippen molar-refractivity contribution in [1.29, 1.82) is 0 Å². The molecule has 0 N–H and O–H groups in total. The Morgan fingerprint density at radius 2 is 1.71 bits per heavy atom. The van der Waals surface area contributed by atoms with Crippen LogP contribution in [0.5, 0.6) is 0 Å². The summed E-state index contributed by atoms with van der Waals surface area (Å²) in [6.07, 6.45) is 7.27. The Morgan fingerprint density at radius 1 is 1.00 bits per heavy atom. The molecule has 0 unspecified atom stereocenters. The van der Waals surface area contributed by atoms with Crippen LogP contribution in [0.15, 0.2) is 0 Å². The van der Waals surface area contributed by atoms with Crippen LogP contribution in [-0.4, -0.2) is 42.8 Å². The summed E-state index contributed by atoms with van der Waals surface area (Å²) in [4.78, 5) is 25.5. The van der Waals surface area contributed by atoms with E-state index in [0.717, 1.165) is 44.9 Å². The average Bonchev–Trinajstić information content (AvgIpc) is 2.96. The number of nitrogens with zero attached hydrogens (tertiary/aromatic N) is 1. The summed E-state index contributed by atoms with van der Waals surface area (Å²) in [6, 6.07) is -0.453. The number of amides is 1. The van der Waals surface area contributed by atoms with E-state index in [0.29, 0.717) is 26.2 Å². The highest BCUT2D eigenvalue weighted by Gasteiger charge is 2.36. The number of hydrogen-bond acceptors (Lipinski definition) is 4. The lowest BCUT2D eigenvalue weighted by molar-refractivity contribution is -0.148. The number of hydrogen-bond donors (Lipinski definition) is 0. The number of ether oxygens (including phenoxy) is 2. The molecule has 122 valence electrons. The highest BCUT2D eigenvalue weighted by molar-refractivity contribution is 5.82. The van der Waals surface area contributed by atoms with Gasteiger partial charge < -0.3 is 9.47 Å². The first-order chi connectivity index (χ1) is 10.2. The Morgan fingerprint density at radius 3 is 2.43 bits per heavy atom. The number of rotatable bonds is 9. The smallest absolute Gasteiger partial charge is 0.410 e. The molecule has 0 aromatic carbocycles. The quantitative estimate of drug-likeness (QED) is 0.483. The Bertz CT molecular complexity index is 319. The molecule has 0 aromatic heterocycles. The second-order valence-corrected chi connectivity index (χ2v) is 5.55. The Hall–Kier alpha value is -1.26. The summed E-state index contributed by atoms with van der Waals surface area (Å²) in [5.74, 6) is -0.281. The van der Waals surface area contributed by atoms with Gasteiger partial charge in [-0.25, -0.2) is 9.59 Å². The Labute approximate surface area is 128 Å². The van der Waals surface area contributed by atoms with E-state index < -0.39 is 6.04 Å². The molecule has 1 amide bonds. The van der Waals surface area contributed by atoms with Crippen molar-refractivity contribution >= 4 is 12.1 Å². The standard InChI is InChI=1S/C16H29NO4/c1-3-5-7-8-13-20-15(18)14-10-9-11-17(14)16(19)21-12-6-4-2/h14H,3-13H2,1-2H3/t14-/m0/s1. The highest BCUT2D eigenvalue weighted by atomic mass is 16.6. The third-order valence-corrected chi connectivity index (χ3v) is 3.73. The molecule has 0 spiro atoms. The molecule has 1 rings (SSSR count). The van der Waals surface area contributed by atoms with Gasteiger partial charge >= 0.3 is 12.1 Å². The molecular formula is C16H29NO4. The summed E-state index contributed by atoms with van der Waals surface area (Å²) in [7, 11) is 0. The number of carbonyl (C=O) groups is 2. The van der Waals surface area contributed by atoms with Gasteiger partial charge in [-0.3, -0.25) is 4.90 Å². The highest BCUT2D eigenvalue weighted by Crippen LogP contribution is 2.20. The van der Waals surface area contributed by atoms with E-state index in [4.69, 9.17) is 9.47 Å². The Kier molecular flexibility index (Phi) is 8.87. The van der Waals surface area contributed by atoms with Crippen molar-refractivity contribution in [3.05, 3.63) is 0 Å². The summed E-state index contributed by atoms with van der Waals surface area (Å²) in [6.45, 7) is 5.65. The van der Waals surface area contributed by atoms with Crippen molar-refractivity contribution in [3.8, 4) is 0 Å². The zero-order valence-corrected chi connectivity index (χ0v) is 13.4. The van der Waals surface area contributed by atoms with Crippen LogP contribution >= 0.6 is 0 Å². The molecule has 0 radical (unpaired) electrons. The van der Waals surface area contributed by atoms with E-state index in [1.165, 1.54) is 4.90 Å². The average molecular weight is 299 g/mol. The van der Waals surface area contributed by atoms with E-state index >= 15 is 0 Å². The predicted octanol–water partition coefficient (Wildman–Crippen LogP) is 3.51. The second kappa shape index (κ2) is 10.5. The van der Waals surface area contributed by atoms with Crippen molar-refractivity contribution in [2.45, 2.75) is 71.3 Å². The van der Waals surface area contributed by atoms with Crippen LogP contribution in [0.3, 0.4) is 0 Å². The van der Waals surface area contributed by atoms with Crippen LogP contribution in [0.2, 0.25) is 0 Å². The predicted molar refractivity (Wildman–Crippen MR) is 81.1 cm³/mol. The van der Waals surface area contributed by atoms with Crippen molar-refractivity contribution in [1.82, 2.24) is 4.90 Å². The molecule has 1 aliphatic heterocycles. The number of esters is 1. The largest absolute Gasteiger partial charge is 0.464 e. The van der Waals surface area contributed by atoms with Gasteiger partial charge in [0.15, 0.2) is 0 Å². The van der Waals surface area contributed by atoms with Crippen LogP contribution in [0.25, 0.3) is 0 Å². The summed E-state index contributed by atoms with van der Waals surface area (Å²) in [5.41, 5.74) is 0. The number of likely N-dealkylation sites (tertiary alicyclic amines) is 1. The van der Waals surface area contributed by atoms with Crippen LogP contribution in [-0.2, 0) is 14.3 Å². The SMILES string of the molecule is CCCCCCOC(=O)[C@@H]1CCCN1C(=O)OCCCC. The first kappa shape index (κ1) is 17.8. The van der Waals surface area contributed by atoms with E-state index in [1.807, 2.05) is 6.92 Å². The molecule has 1 saturated heterocycles. The van der Waals surface area contributed by atoms with Crippen LogP contribution in [0, 0.1) is 0 Å². The van der Waals surface area contributed by atoms with Crippen LogP contribution < -0.4 is 0 Å². The molecule has 0 saturated carbocycles. The van der Waals surface area contributed by atoms with E-state index in [-0.39, 0.29) is 12.1 Å². The molecular weight excluding hydrogens is 270 g/mol. The Balaban J connectivity index is 2.30. The normalized spacial score (nSPS) is 17.8. The summed E-state index contributed by atoms with van der Waals surface area (Å²) < 4.78 is 10.5. The van der Waals surface area contributed by atoms with Gasteiger partial charge in [-0.05, 0) is 25.7 Å². The maximum absolute atomic E-state index is 12.1. The van der Waals surface area contributed by atoms with Gasteiger partial charge in [0.05, 0.1) is 13.2 Å². The van der Waals surface area contributed by atoms with Gasteiger partial charge in [0.25, 0.3) is 0 Å². The van der Waals surface area contributed by atoms with E-state index in [1.54, 1.807) is 0 Å². The van der Waals surface area contributed by atoms with Crippen molar-refractivity contribution < 1.29 is 19.1 Å². The minimum Gasteiger partial charge on any atom is -0.464 e. The molecule has 5 heteroatoms. The lowest BCUT2D eigenvalue weighted by Gasteiger charge is -2.22. The molecule has 5 nitrogen and oxygen atoms in total. The van der Waals surface area contributed by atoms with Gasteiger partial charge in [-0.2, -0.15) is 0 Å². The zero-order chi connectivity index (χ0) is 15.5. The summed E-state index contributed by atoms with van der Waals surface area (Å²) in [5, 5.41) is 0. The minimum atomic E-state index is -0.453. The fourth-order valence-corrected chi connectivity index (χ4v) is 2.41. The lowest BCUT2D eigenvalue weighted by atomic mass is 10.2. The van der Waals surface area contributed by atoms with Gasteiger partial charge in [-0.15, -0.1) is 0 Å². The molecule has 0 aliphatic carbocycles. The molecule has 0 bridgehead atoms. The van der Waals surface area contributed by atoms with Gasteiger partial charge in [-0.1, -0.05) is 39.5 Å². The minimum absolute atomic E-state index is 0.281. The second-order valence-electron chi connectivity index (χ2n) is 5.55. The maximum atomic E-state index is 12.1. The van der Waals surface area contributed by atoms with Gasteiger partial charge in [0, 0.05) is 6.54 Å². The molecule has 21 heavy (non-hydrogen) atoms. The lowest BCUT2D eigenvalue weighted by Crippen LogP contribution is -2.41. The number of unbranched alkanes of at least 4 members (excludes halogenated alkanes) is 4. The molecule has 1 atom stereocenters. The van der Waals surface area contributed by atoms with Gasteiger partial charge in [0.1, 0.15) is 6.04 Å². The third-order valence-electron chi connectivity index (χ3n) is 3.73. The fourth-order valence-electron chi connectivity index (χ4n) is 2.41. The van der Waals surface area contributed by atoms with Crippen molar-refractivity contribution in [2.75, 3.05) is 19.8 Å². The molecule has 1 heterocycles. The van der Waals surface area contributed by atoms with Crippen LogP contribution in [0.4, 0.5) is 4.79 Å². The maximum Gasteiger partial charge on any atom is 0.410 e. The third kappa shape index (κ3) is 6.36. The van der Waals surface area contributed by atoms with Gasteiger partial charge in [0.2, 0.25) is 0 Å².